The molecule has 3 amide bonds. The summed E-state index contributed by atoms with van der Waals surface area (Å²) in [4.78, 5) is 52.5. The Morgan fingerprint density at radius 2 is 1.63 bits per heavy atom. The molecule has 0 saturated carbocycles. The number of esters is 1. The molecule has 1 atom stereocenters. The lowest BCUT2D eigenvalue weighted by atomic mass is 10.0. The number of fused-ring (bicyclic) bond motifs is 1. The molecular formula is C26H22BrN3O5. The van der Waals surface area contributed by atoms with Gasteiger partial charge in [-0.15, -0.1) is 0 Å². The summed E-state index contributed by atoms with van der Waals surface area (Å²) in [5.41, 5.74) is 2.20. The Hall–Kier alpha value is -3.98. The van der Waals surface area contributed by atoms with E-state index < -0.39 is 29.7 Å². The Morgan fingerprint density at radius 3 is 2.31 bits per heavy atom. The van der Waals surface area contributed by atoms with Crippen molar-refractivity contribution in [3.05, 3.63) is 88.4 Å². The normalized spacial score (nSPS) is 14.5. The number of carbonyl (C=O) groups excluding carboxylic acids is 4. The Kier molecular flexibility index (Phi) is 7.26. The van der Waals surface area contributed by atoms with Crippen molar-refractivity contribution in [2.75, 3.05) is 22.1 Å². The zero-order valence-electron chi connectivity index (χ0n) is 18.8. The average molecular weight is 536 g/mol. The maximum Gasteiger partial charge on any atom is 0.338 e. The van der Waals surface area contributed by atoms with Gasteiger partial charge in [-0.05, 0) is 67.6 Å². The molecule has 9 heteroatoms. The number of carbonyl (C=O) groups is 4. The molecule has 0 fully saturated rings. The number of anilines is 3. The summed E-state index contributed by atoms with van der Waals surface area (Å²) in [5.74, 6) is -1.76. The van der Waals surface area contributed by atoms with E-state index in [2.05, 4.69) is 26.6 Å². The minimum Gasteiger partial charge on any atom is -0.462 e. The first-order chi connectivity index (χ1) is 16.9. The number of hydrogen-bond donors (Lipinski definition) is 2. The van der Waals surface area contributed by atoms with Crippen LogP contribution >= 0.6 is 15.9 Å². The molecule has 0 aromatic heterocycles. The average Bonchev–Trinajstić information content (AvgIpc) is 2.85. The quantitative estimate of drug-likeness (QED) is 0.448. The molecule has 2 N–H and O–H groups in total. The van der Waals surface area contributed by atoms with E-state index in [1.807, 2.05) is 0 Å². The minimum atomic E-state index is -1.06. The summed E-state index contributed by atoms with van der Waals surface area (Å²) in [7, 11) is 0. The molecule has 0 spiro atoms. The topological polar surface area (TPSA) is 105 Å². The third-order valence-corrected chi connectivity index (χ3v) is 5.93. The van der Waals surface area contributed by atoms with E-state index in [-0.39, 0.29) is 13.0 Å². The predicted octanol–water partition coefficient (Wildman–Crippen LogP) is 4.62. The lowest BCUT2D eigenvalue weighted by Crippen LogP contribution is -2.52. The lowest BCUT2D eigenvalue weighted by molar-refractivity contribution is -0.122. The van der Waals surface area contributed by atoms with Gasteiger partial charge in [0.2, 0.25) is 11.8 Å². The van der Waals surface area contributed by atoms with Crippen LogP contribution in [-0.2, 0) is 14.3 Å². The molecule has 0 saturated heterocycles. The molecule has 1 heterocycles. The second kappa shape index (κ2) is 10.5. The molecule has 3 aromatic rings. The van der Waals surface area contributed by atoms with Crippen molar-refractivity contribution in [3.63, 3.8) is 0 Å². The number of para-hydroxylation sites is 2. The summed E-state index contributed by atoms with van der Waals surface area (Å²) in [6.45, 7) is 1.98. The third-order valence-electron chi connectivity index (χ3n) is 5.40. The summed E-state index contributed by atoms with van der Waals surface area (Å²) in [6, 6.07) is 18.9. The predicted molar refractivity (Wildman–Crippen MR) is 135 cm³/mol. The van der Waals surface area contributed by atoms with Crippen LogP contribution in [0, 0.1) is 0 Å². The van der Waals surface area contributed by atoms with Crippen molar-refractivity contribution >= 4 is 56.7 Å². The van der Waals surface area contributed by atoms with Gasteiger partial charge in [-0.1, -0.05) is 28.1 Å². The molecule has 35 heavy (non-hydrogen) atoms. The van der Waals surface area contributed by atoms with Crippen LogP contribution in [0.4, 0.5) is 17.1 Å². The fraction of sp³-hybridized carbons (Fsp3) is 0.154. The Labute approximate surface area is 210 Å². The fourth-order valence-electron chi connectivity index (χ4n) is 3.75. The van der Waals surface area contributed by atoms with E-state index in [4.69, 9.17) is 4.74 Å². The van der Waals surface area contributed by atoms with Crippen LogP contribution in [0.3, 0.4) is 0 Å². The van der Waals surface area contributed by atoms with Crippen LogP contribution in [0.5, 0.6) is 0 Å². The van der Waals surface area contributed by atoms with Crippen molar-refractivity contribution in [2.24, 2.45) is 0 Å². The molecule has 4 rings (SSSR count). The van der Waals surface area contributed by atoms with E-state index in [1.54, 1.807) is 79.7 Å². The van der Waals surface area contributed by atoms with Crippen LogP contribution in [0.25, 0.3) is 0 Å². The number of hydrogen-bond acceptors (Lipinski definition) is 5. The van der Waals surface area contributed by atoms with Crippen LogP contribution in [-0.4, -0.2) is 36.3 Å². The van der Waals surface area contributed by atoms with Gasteiger partial charge in [-0.2, -0.15) is 0 Å². The van der Waals surface area contributed by atoms with Gasteiger partial charge in [-0.3, -0.25) is 19.3 Å². The van der Waals surface area contributed by atoms with E-state index >= 15 is 0 Å². The van der Waals surface area contributed by atoms with Crippen LogP contribution in [0.1, 0.15) is 34.1 Å². The highest BCUT2D eigenvalue weighted by molar-refractivity contribution is 9.10. The molecule has 8 nitrogen and oxygen atoms in total. The van der Waals surface area contributed by atoms with E-state index in [0.717, 1.165) is 4.47 Å². The highest BCUT2D eigenvalue weighted by Crippen LogP contribution is 2.34. The van der Waals surface area contributed by atoms with Crippen molar-refractivity contribution in [1.82, 2.24) is 0 Å². The Morgan fingerprint density at radius 1 is 0.971 bits per heavy atom. The van der Waals surface area contributed by atoms with Crippen LogP contribution in [0.2, 0.25) is 0 Å². The first-order valence-corrected chi connectivity index (χ1v) is 11.7. The van der Waals surface area contributed by atoms with Gasteiger partial charge in [0.1, 0.15) is 6.04 Å². The molecule has 0 aliphatic carbocycles. The molecule has 0 bridgehead atoms. The summed E-state index contributed by atoms with van der Waals surface area (Å²) in [5, 5.41) is 5.51. The van der Waals surface area contributed by atoms with Crippen molar-refractivity contribution in [3.8, 4) is 0 Å². The summed E-state index contributed by atoms with van der Waals surface area (Å²) in [6.07, 6.45) is -0.262. The monoisotopic (exact) mass is 535 g/mol. The van der Waals surface area contributed by atoms with Crippen LogP contribution < -0.4 is 15.5 Å². The zero-order valence-corrected chi connectivity index (χ0v) is 20.4. The van der Waals surface area contributed by atoms with E-state index in [1.165, 1.54) is 4.90 Å². The first-order valence-electron chi connectivity index (χ1n) is 10.9. The number of ether oxygens (including phenoxy) is 1. The van der Waals surface area contributed by atoms with E-state index in [9.17, 15) is 19.2 Å². The molecular weight excluding hydrogens is 514 g/mol. The number of nitrogens with one attached hydrogen (secondary N) is 2. The fourth-order valence-corrected chi connectivity index (χ4v) is 4.01. The highest BCUT2D eigenvalue weighted by atomic mass is 79.9. The molecule has 178 valence electrons. The maximum absolute atomic E-state index is 13.5. The van der Waals surface area contributed by atoms with Gasteiger partial charge < -0.3 is 15.4 Å². The molecule has 0 unspecified atom stereocenters. The highest BCUT2D eigenvalue weighted by Gasteiger charge is 2.38. The van der Waals surface area contributed by atoms with Crippen molar-refractivity contribution in [1.29, 1.82) is 0 Å². The zero-order chi connectivity index (χ0) is 24.9. The number of benzene rings is 3. The van der Waals surface area contributed by atoms with Crippen molar-refractivity contribution < 1.29 is 23.9 Å². The minimum absolute atomic E-state index is 0.262. The summed E-state index contributed by atoms with van der Waals surface area (Å²) >= 11 is 3.35. The smallest absolute Gasteiger partial charge is 0.338 e. The van der Waals surface area contributed by atoms with Gasteiger partial charge in [-0.25, -0.2) is 4.79 Å². The first kappa shape index (κ1) is 24.2. The second-order valence-corrected chi connectivity index (χ2v) is 8.67. The van der Waals surface area contributed by atoms with E-state index in [0.29, 0.717) is 28.2 Å². The molecule has 3 aromatic carbocycles. The number of rotatable bonds is 6. The molecule has 1 aliphatic rings. The molecule has 0 radical (unpaired) electrons. The van der Waals surface area contributed by atoms with Crippen LogP contribution in [0.15, 0.2) is 77.3 Å². The van der Waals surface area contributed by atoms with Gasteiger partial charge in [0.25, 0.3) is 5.91 Å². The third kappa shape index (κ3) is 5.41. The Bertz CT molecular complexity index is 1270. The number of halogens is 1. The van der Waals surface area contributed by atoms with Gasteiger partial charge in [0.15, 0.2) is 0 Å². The standard InChI is InChI=1S/C26H22BrN3O5/c1-2-35-26(34)17-9-13-19(14-10-17)28-23(31)15-22-24(32)29-20-5-3-4-6-21(20)30(22)25(33)16-7-11-18(27)12-8-16/h3-14,22H,2,15H2,1H3,(H,28,31)(H,29,32)/t22-/m1/s1. The largest absolute Gasteiger partial charge is 0.462 e. The number of nitrogens with zero attached hydrogens (tertiary/aromatic N) is 1. The van der Waals surface area contributed by atoms with Crippen molar-refractivity contribution in [2.45, 2.75) is 19.4 Å². The Balaban J connectivity index is 1.56. The summed E-state index contributed by atoms with van der Waals surface area (Å²) < 4.78 is 5.77. The SMILES string of the molecule is CCOC(=O)c1ccc(NC(=O)C[C@@H]2C(=O)Nc3ccccc3N2C(=O)c2ccc(Br)cc2)cc1. The lowest BCUT2D eigenvalue weighted by Gasteiger charge is -2.36. The van der Waals surface area contributed by atoms with Gasteiger partial charge in [0.05, 0.1) is 30.0 Å². The molecule has 1 aliphatic heterocycles. The van der Waals surface area contributed by atoms with Gasteiger partial charge in [0, 0.05) is 15.7 Å². The maximum atomic E-state index is 13.5. The number of amides is 3. The van der Waals surface area contributed by atoms with Gasteiger partial charge >= 0.3 is 5.97 Å². The second-order valence-electron chi connectivity index (χ2n) is 7.75.